The van der Waals surface area contributed by atoms with Crippen molar-refractivity contribution in [2.24, 2.45) is 0 Å². The monoisotopic (exact) mass is 313 g/mol. The number of amides is 1. The smallest absolute Gasteiger partial charge is 0.410 e. The maximum absolute atomic E-state index is 11.5. The molecule has 0 radical (unpaired) electrons. The van der Waals surface area contributed by atoms with E-state index < -0.39 is 0 Å². The minimum Gasteiger partial charge on any atom is -0.444 e. The Bertz CT molecular complexity index is 183. The maximum Gasteiger partial charge on any atom is 0.410 e. The number of carbonyl (C=O) groups excluding carboxylic acids is 1. The first-order valence-corrected chi connectivity index (χ1v) is 4.97. The van der Waals surface area contributed by atoms with E-state index in [0.29, 0.717) is 0 Å². The highest BCUT2D eigenvalue weighted by Gasteiger charge is 2.22. The average Bonchev–Trinajstić information content (AvgIpc) is 2.03. The van der Waals surface area contributed by atoms with Crippen LogP contribution in [0, 0.1) is 0 Å². The highest BCUT2D eigenvalue weighted by molar-refractivity contribution is 14.0. The summed E-state index contributed by atoms with van der Waals surface area (Å²) in [7, 11) is 0. The summed E-state index contributed by atoms with van der Waals surface area (Å²) in [5, 5.41) is 0. The predicted molar refractivity (Wildman–Crippen MR) is 67.1 cm³/mol. The molecule has 1 amide bonds. The van der Waals surface area contributed by atoms with Crippen LogP contribution in [0.15, 0.2) is 0 Å². The van der Waals surface area contributed by atoms with Crippen molar-refractivity contribution in [3.05, 3.63) is 0 Å². The number of ether oxygens (including phenoxy) is 1. The Morgan fingerprint density at radius 1 is 1.14 bits per heavy atom. The molecule has 0 unspecified atom stereocenters. The zero-order valence-corrected chi connectivity index (χ0v) is 11.5. The van der Waals surface area contributed by atoms with Crippen LogP contribution in [-0.4, -0.2) is 29.7 Å². The maximum atomic E-state index is 11.5. The average molecular weight is 313 g/mol. The van der Waals surface area contributed by atoms with Gasteiger partial charge in [-0.05, 0) is 40.0 Å². The number of likely N-dealkylation sites (tertiary alicyclic amines) is 1. The van der Waals surface area contributed by atoms with Crippen LogP contribution in [-0.2, 0) is 4.74 Å². The van der Waals surface area contributed by atoms with Gasteiger partial charge in [-0.25, -0.2) is 4.79 Å². The van der Waals surface area contributed by atoms with Crippen molar-refractivity contribution in [3.63, 3.8) is 0 Å². The Kier molecular flexibility index (Phi) is 5.78. The SMILES string of the molecule is CC(C)(C)OC(=O)N1CCCCC1.I. The molecule has 1 aliphatic heterocycles. The third kappa shape index (κ3) is 5.02. The van der Waals surface area contributed by atoms with Crippen molar-refractivity contribution in [1.29, 1.82) is 0 Å². The highest BCUT2D eigenvalue weighted by atomic mass is 127. The third-order valence-electron chi connectivity index (χ3n) is 2.01. The van der Waals surface area contributed by atoms with Crippen molar-refractivity contribution >= 4 is 30.1 Å². The van der Waals surface area contributed by atoms with Crippen LogP contribution >= 0.6 is 24.0 Å². The van der Waals surface area contributed by atoms with Crippen molar-refractivity contribution in [2.45, 2.75) is 45.6 Å². The first kappa shape index (κ1) is 14.0. The summed E-state index contributed by atoms with van der Waals surface area (Å²) in [5.41, 5.74) is -0.367. The van der Waals surface area contributed by atoms with E-state index in [4.69, 9.17) is 4.74 Å². The van der Waals surface area contributed by atoms with Gasteiger partial charge in [0.2, 0.25) is 0 Å². The lowest BCUT2D eigenvalue weighted by atomic mass is 10.1. The molecule has 0 aliphatic carbocycles. The molecule has 4 heteroatoms. The molecule has 0 aromatic carbocycles. The second kappa shape index (κ2) is 5.78. The van der Waals surface area contributed by atoms with Crippen molar-refractivity contribution < 1.29 is 9.53 Å². The van der Waals surface area contributed by atoms with Gasteiger partial charge in [-0.2, -0.15) is 0 Å². The van der Waals surface area contributed by atoms with E-state index in [9.17, 15) is 4.79 Å². The fourth-order valence-electron chi connectivity index (χ4n) is 1.40. The minimum absolute atomic E-state index is 0. The summed E-state index contributed by atoms with van der Waals surface area (Å²) in [5.74, 6) is 0. The number of piperidine rings is 1. The predicted octanol–water partition coefficient (Wildman–Crippen LogP) is 3.03. The van der Waals surface area contributed by atoms with Gasteiger partial charge in [0, 0.05) is 13.1 Å². The van der Waals surface area contributed by atoms with Gasteiger partial charge in [0.1, 0.15) is 5.60 Å². The molecule has 0 aromatic rings. The number of carbonyl (C=O) groups is 1. The van der Waals surface area contributed by atoms with E-state index in [1.54, 1.807) is 4.90 Å². The zero-order chi connectivity index (χ0) is 9.90. The number of nitrogens with zero attached hydrogens (tertiary/aromatic N) is 1. The van der Waals surface area contributed by atoms with Gasteiger partial charge in [0.15, 0.2) is 0 Å². The summed E-state index contributed by atoms with van der Waals surface area (Å²) in [6.07, 6.45) is 3.30. The standard InChI is InChI=1S/C10H19NO2.HI/c1-10(2,3)13-9(12)11-7-5-4-6-8-11;/h4-8H2,1-3H3;1H. The first-order valence-electron chi connectivity index (χ1n) is 4.97. The molecule has 0 N–H and O–H groups in total. The topological polar surface area (TPSA) is 29.5 Å². The minimum atomic E-state index is -0.367. The summed E-state index contributed by atoms with van der Waals surface area (Å²) < 4.78 is 5.26. The number of rotatable bonds is 0. The Labute approximate surface area is 103 Å². The molecule has 3 nitrogen and oxygen atoms in total. The normalized spacial score (nSPS) is 17.2. The Balaban J connectivity index is 0.00000169. The fraction of sp³-hybridized carbons (Fsp3) is 0.900. The van der Waals surface area contributed by atoms with Gasteiger partial charge in [-0.1, -0.05) is 0 Å². The summed E-state index contributed by atoms with van der Waals surface area (Å²) in [4.78, 5) is 13.3. The van der Waals surface area contributed by atoms with Gasteiger partial charge >= 0.3 is 6.09 Å². The van der Waals surface area contributed by atoms with Crippen LogP contribution in [0.4, 0.5) is 4.79 Å². The van der Waals surface area contributed by atoms with Crippen LogP contribution in [0.5, 0.6) is 0 Å². The molecule has 1 rings (SSSR count). The molecule has 0 aromatic heterocycles. The molecule has 1 fully saturated rings. The molecule has 84 valence electrons. The summed E-state index contributed by atoms with van der Waals surface area (Å²) in [6, 6.07) is 0. The number of hydrogen-bond donors (Lipinski definition) is 0. The van der Waals surface area contributed by atoms with Crippen LogP contribution in [0.3, 0.4) is 0 Å². The molecular weight excluding hydrogens is 293 g/mol. The van der Waals surface area contributed by atoms with Crippen molar-refractivity contribution in [3.8, 4) is 0 Å². The molecule has 0 atom stereocenters. The van der Waals surface area contributed by atoms with Crippen LogP contribution in [0.1, 0.15) is 40.0 Å². The van der Waals surface area contributed by atoms with Gasteiger partial charge in [0.25, 0.3) is 0 Å². The third-order valence-corrected chi connectivity index (χ3v) is 2.01. The summed E-state index contributed by atoms with van der Waals surface area (Å²) >= 11 is 0. The second-order valence-corrected chi connectivity index (χ2v) is 4.53. The largest absolute Gasteiger partial charge is 0.444 e. The lowest BCUT2D eigenvalue weighted by Gasteiger charge is -2.29. The van der Waals surface area contributed by atoms with E-state index in [1.165, 1.54) is 6.42 Å². The Morgan fingerprint density at radius 2 is 1.64 bits per heavy atom. The molecule has 14 heavy (non-hydrogen) atoms. The van der Waals surface area contributed by atoms with E-state index in [2.05, 4.69) is 0 Å². The van der Waals surface area contributed by atoms with Gasteiger partial charge in [0.05, 0.1) is 0 Å². The summed E-state index contributed by atoms with van der Waals surface area (Å²) in [6.45, 7) is 7.41. The number of halogens is 1. The van der Waals surface area contributed by atoms with E-state index >= 15 is 0 Å². The molecule has 1 heterocycles. The second-order valence-electron chi connectivity index (χ2n) is 4.53. The molecular formula is C10H20INO2. The van der Waals surface area contributed by atoms with Gasteiger partial charge < -0.3 is 9.64 Å². The molecule has 0 spiro atoms. The van der Waals surface area contributed by atoms with Gasteiger partial charge in [-0.15, -0.1) is 24.0 Å². The van der Waals surface area contributed by atoms with Gasteiger partial charge in [-0.3, -0.25) is 0 Å². The first-order chi connectivity index (χ1) is 5.99. The highest BCUT2D eigenvalue weighted by Crippen LogP contribution is 2.14. The van der Waals surface area contributed by atoms with E-state index in [1.807, 2.05) is 20.8 Å². The van der Waals surface area contributed by atoms with Crippen LogP contribution in [0.2, 0.25) is 0 Å². The lowest BCUT2D eigenvalue weighted by molar-refractivity contribution is 0.0216. The molecule has 1 aliphatic rings. The van der Waals surface area contributed by atoms with Crippen molar-refractivity contribution in [2.75, 3.05) is 13.1 Å². The zero-order valence-electron chi connectivity index (χ0n) is 9.21. The Morgan fingerprint density at radius 3 is 2.07 bits per heavy atom. The van der Waals surface area contributed by atoms with Crippen LogP contribution in [0.25, 0.3) is 0 Å². The Hall–Kier alpha value is 0. The lowest BCUT2D eigenvalue weighted by Crippen LogP contribution is -2.39. The molecule has 0 bridgehead atoms. The fourth-order valence-corrected chi connectivity index (χ4v) is 1.40. The molecule has 0 saturated carbocycles. The number of hydrogen-bond acceptors (Lipinski definition) is 2. The quantitative estimate of drug-likeness (QED) is 0.643. The molecule has 1 saturated heterocycles. The van der Waals surface area contributed by atoms with E-state index in [-0.39, 0.29) is 35.7 Å². The van der Waals surface area contributed by atoms with Crippen molar-refractivity contribution in [1.82, 2.24) is 4.90 Å². The van der Waals surface area contributed by atoms with Crippen LogP contribution < -0.4 is 0 Å². The van der Waals surface area contributed by atoms with E-state index in [0.717, 1.165) is 25.9 Å².